The lowest BCUT2D eigenvalue weighted by atomic mass is 10.2. The Hall–Kier alpha value is -0.980. The molecule has 1 aliphatic heterocycles. The Bertz CT molecular complexity index is 578. The number of sulfonamides is 1. The van der Waals surface area contributed by atoms with Gasteiger partial charge in [-0.15, -0.1) is 0 Å². The summed E-state index contributed by atoms with van der Waals surface area (Å²) in [5, 5.41) is 3.35. The van der Waals surface area contributed by atoms with Crippen molar-refractivity contribution in [2.45, 2.75) is 36.6 Å². The van der Waals surface area contributed by atoms with Gasteiger partial charge in [0.05, 0.1) is 4.90 Å². The standard InChI is InChI=1S/C15H21FN2O2S/c16-13-5-7-15(8-6-13)21(19,20)18(10-12-3-4-12)11-14-2-1-9-17-14/h5-8,12,14,17H,1-4,9-11H2. The molecular formula is C15H21FN2O2S. The SMILES string of the molecule is O=S(=O)(c1ccc(F)cc1)N(CC1CC1)CC1CCCN1. The third-order valence-corrected chi connectivity index (χ3v) is 6.04. The second kappa shape index (κ2) is 6.02. The highest BCUT2D eigenvalue weighted by Gasteiger charge is 2.33. The van der Waals surface area contributed by atoms with Gasteiger partial charge in [-0.2, -0.15) is 4.31 Å². The molecule has 0 amide bonds. The van der Waals surface area contributed by atoms with Crippen LogP contribution >= 0.6 is 0 Å². The molecule has 116 valence electrons. The van der Waals surface area contributed by atoms with Gasteiger partial charge in [0.1, 0.15) is 5.82 Å². The first kappa shape index (κ1) is 14.9. The number of hydrogen-bond donors (Lipinski definition) is 1. The van der Waals surface area contributed by atoms with Crippen molar-refractivity contribution in [3.05, 3.63) is 30.1 Å². The molecule has 1 N–H and O–H groups in total. The van der Waals surface area contributed by atoms with E-state index in [4.69, 9.17) is 0 Å². The van der Waals surface area contributed by atoms with Gasteiger partial charge in [-0.3, -0.25) is 0 Å². The average Bonchev–Trinajstić information content (AvgIpc) is 3.12. The molecule has 0 radical (unpaired) electrons. The van der Waals surface area contributed by atoms with E-state index in [0.717, 1.165) is 32.2 Å². The Morgan fingerprint density at radius 1 is 1.14 bits per heavy atom. The highest BCUT2D eigenvalue weighted by atomic mass is 32.2. The van der Waals surface area contributed by atoms with E-state index in [0.29, 0.717) is 19.0 Å². The molecular weight excluding hydrogens is 291 g/mol. The lowest BCUT2D eigenvalue weighted by Crippen LogP contribution is -2.42. The predicted molar refractivity (Wildman–Crippen MR) is 78.9 cm³/mol. The maximum Gasteiger partial charge on any atom is 0.243 e. The van der Waals surface area contributed by atoms with Crippen molar-refractivity contribution in [1.29, 1.82) is 0 Å². The topological polar surface area (TPSA) is 49.4 Å². The summed E-state index contributed by atoms with van der Waals surface area (Å²) in [5.41, 5.74) is 0. The zero-order valence-corrected chi connectivity index (χ0v) is 12.8. The van der Waals surface area contributed by atoms with Crippen LogP contribution in [0.5, 0.6) is 0 Å². The maximum absolute atomic E-state index is 13.0. The number of benzene rings is 1. The van der Waals surface area contributed by atoms with E-state index < -0.39 is 15.8 Å². The largest absolute Gasteiger partial charge is 0.313 e. The van der Waals surface area contributed by atoms with Crippen molar-refractivity contribution in [2.75, 3.05) is 19.6 Å². The van der Waals surface area contributed by atoms with Crippen LogP contribution in [0.4, 0.5) is 4.39 Å². The molecule has 1 saturated heterocycles. The third-order valence-electron chi connectivity index (χ3n) is 4.20. The van der Waals surface area contributed by atoms with Gasteiger partial charge in [0.2, 0.25) is 10.0 Å². The first-order valence-corrected chi connectivity index (χ1v) is 8.99. The van der Waals surface area contributed by atoms with Crippen LogP contribution in [-0.2, 0) is 10.0 Å². The lowest BCUT2D eigenvalue weighted by Gasteiger charge is -2.25. The molecule has 1 aromatic carbocycles. The van der Waals surface area contributed by atoms with Crippen LogP contribution in [0, 0.1) is 11.7 Å². The molecule has 3 rings (SSSR count). The number of rotatable bonds is 6. The number of halogens is 1. The van der Waals surface area contributed by atoms with Gasteiger partial charge < -0.3 is 5.32 Å². The zero-order valence-electron chi connectivity index (χ0n) is 12.0. The summed E-state index contributed by atoms with van der Waals surface area (Å²) in [6, 6.07) is 5.35. The van der Waals surface area contributed by atoms with Crippen LogP contribution in [-0.4, -0.2) is 38.4 Å². The summed E-state index contributed by atoms with van der Waals surface area (Å²) < 4.78 is 40.1. The molecule has 0 bridgehead atoms. The van der Waals surface area contributed by atoms with Crippen molar-refractivity contribution in [3.63, 3.8) is 0 Å². The Balaban J connectivity index is 1.80. The first-order valence-electron chi connectivity index (χ1n) is 7.55. The van der Waals surface area contributed by atoms with Gasteiger partial charge in [-0.05, 0) is 62.4 Å². The summed E-state index contributed by atoms with van der Waals surface area (Å²) >= 11 is 0. The van der Waals surface area contributed by atoms with Crippen LogP contribution in [0.3, 0.4) is 0 Å². The molecule has 21 heavy (non-hydrogen) atoms. The summed E-state index contributed by atoms with van der Waals surface area (Å²) in [6.07, 6.45) is 4.32. The Morgan fingerprint density at radius 3 is 2.43 bits per heavy atom. The summed E-state index contributed by atoms with van der Waals surface area (Å²) in [5.74, 6) is 0.0711. The molecule has 1 aromatic rings. The molecule has 1 atom stereocenters. The third kappa shape index (κ3) is 3.62. The highest BCUT2D eigenvalue weighted by molar-refractivity contribution is 7.89. The second-order valence-corrected chi connectivity index (χ2v) is 7.95. The number of nitrogens with zero attached hydrogens (tertiary/aromatic N) is 1. The molecule has 6 heteroatoms. The molecule has 2 aliphatic rings. The molecule has 1 unspecified atom stereocenters. The van der Waals surface area contributed by atoms with Gasteiger partial charge in [-0.25, -0.2) is 12.8 Å². The van der Waals surface area contributed by atoms with Crippen LogP contribution in [0.15, 0.2) is 29.2 Å². The Kier molecular flexibility index (Phi) is 4.28. The van der Waals surface area contributed by atoms with Crippen molar-refractivity contribution < 1.29 is 12.8 Å². The minimum Gasteiger partial charge on any atom is -0.313 e. The molecule has 2 fully saturated rings. The molecule has 0 spiro atoms. The molecule has 1 heterocycles. The number of nitrogens with one attached hydrogen (secondary N) is 1. The highest BCUT2D eigenvalue weighted by Crippen LogP contribution is 2.32. The zero-order chi connectivity index (χ0) is 14.9. The van der Waals surface area contributed by atoms with E-state index in [1.54, 1.807) is 4.31 Å². The van der Waals surface area contributed by atoms with Gasteiger partial charge in [-0.1, -0.05) is 0 Å². The fraction of sp³-hybridized carbons (Fsp3) is 0.600. The predicted octanol–water partition coefficient (Wildman–Crippen LogP) is 1.98. The van der Waals surface area contributed by atoms with Crippen molar-refractivity contribution in [2.24, 2.45) is 5.92 Å². The average molecular weight is 312 g/mol. The quantitative estimate of drug-likeness (QED) is 0.874. The molecule has 0 aromatic heterocycles. The number of hydrogen-bond acceptors (Lipinski definition) is 3. The molecule has 1 saturated carbocycles. The van der Waals surface area contributed by atoms with E-state index in [9.17, 15) is 12.8 Å². The van der Waals surface area contributed by atoms with E-state index in [1.807, 2.05) is 0 Å². The second-order valence-electron chi connectivity index (χ2n) is 6.01. The fourth-order valence-electron chi connectivity index (χ4n) is 2.77. The molecule has 4 nitrogen and oxygen atoms in total. The van der Waals surface area contributed by atoms with Gasteiger partial charge in [0.25, 0.3) is 0 Å². The van der Waals surface area contributed by atoms with Crippen LogP contribution < -0.4 is 5.32 Å². The van der Waals surface area contributed by atoms with E-state index >= 15 is 0 Å². The van der Waals surface area contributed by atoms with Crippen molar-refractivity contribution in [1.82, 2.24) is 9.62 Å². The van der Waals surface area contributed by atoms with Gasteiger partial charge in [0, 0.05) is 19.1 Å². The van der Waals surface area contributed by atoms with E-state index in [2.05, 4.69) is 5.32 Å². The Morgan fingerprint density at radius 2 is 1.86 bits per heavy atom. The van der Waals surface area contributed by atoms with E-state index in [-0.39, 0.29) is 10.9 Å². The van der Waals surface area contributed by atoms with Crippen LogP contribution in [0.25, 0.3) is 0 Å². The minimum absolute atomic E-state index is 0.183. The monoisotopic (exact) mass is 312 g/mol. The smallest absolute Gasteiger partial charge is 0.243 e. The lowest BCUT2D eigenvalue weighted by molar-refractivity contribution is 0.358. The maximum atomic E-state index is 13.0. The fourth-order valence-corrected chi connectivity index (χ4v) is 4.33. The van der Waals surface area contributed by atoms with Crippen molar-refractivity contribution >= 4 is 10.0 Å². The summed E-state index contributed by atoms with van der Waals surface area (Å²) in [7, 11) is -3.53. The molecule has 1 aliphatic carbocycles. The summed E-state index contributed by atoms with van der Waals surface area (Å²) in [6.45, 7) is 2.05. The summed E-state index contributed by atoms with van der Waals surface area (Å²) in [4.78, 5) is 0.183. The van der Waals surface area contributed by atoms with Crippen LogP contribution in [0.1, 0.15) is 25.7 Å². The van der Waals surface area contributed by atoms with Gasteiger partial charge in [0.15, 0.2) is 0 Å². The van der Waals surface area contributed by atoms with Crippen molar-refractivity contribution in [3.8, 4) is 0 Å². The first-order chi connectivity index (χ1) is 10.1. The Labute approximate surface area is 125 Å². The van der Waals surface area contributed by atoms with Gasteiger partial charge >= 0.3 is 0 Å². The normalized spacial score (nSPS) is 22.9. The van der Waals surface area contributed by atoms with Crippen LogP contribution in [0.2, 0.25) is 0 Å². The van der Waals surface area contributed by atoms with E-state index in [1.165, 1.54) is 24.3 Å². The minimum atomic E-state index is -3.53.